The molecule has 1 aromatic carbocycles. The van der Waals surface area contributed by atoms with Gasteiger partial charge in [-0.25, -0.2) is 14.1 Å². The maximum Gasteiger partial charge on any atom is 0.389 e. The summed E-state index contributed by atoms with van der Waals surface area (Å²) >= 11 is 0. The zero-order valence-corrected chi connectivity index (χ0v) is 12.7. The Morgan fingerprint density at radius 2 is 2.12 bits per heavy atom. The van der Waals surface area contributed by atoms with Crippen LogP contribution in [0, 0.1) is 15.9 Å². The lowest BCUT2D eigenvalue weighted by molar-refractivity contribution is -0.389. The molecule has 0 aliphatic carbocycles. The molecule has 0 radical (unpaired) electrons. The number of hydrogen-bond donors (Lipinski definition) is 1. The van der Waals surface area contributed by atoms with E-state index in [1.54, 1.807) is 12.1 Å². The quantitative estimate of drug-likeness (QED) is 0.529. The monoisotopic (exact) mass is 345 g/mol. The van der Waals surface area contributed by atoms with E-state index in [9.17, 15) is 19.3 Å². The number of benzene rings is 1. The average Bonchev–Trinajstić information content (AvgIpc) is 3.17. The molecule has 2 aromatic heterocycles. The molecule has 1 amide bonds. The number of anilines is 1. The molecular weight excluding hydrogens is 333 g/mol. The number of aromatic nitrogens is 5. The van der Waals surface area contributed by atoms with Crippen LogP contribution in [0.2, 0.25) is 0 Å². The minimum atomic E-state index is -0.649. The van der Waals surface area contributed by atoms with E-state index in [0.717, 1.165) is 4.68 Å². The number of carbonyl (C=O) groups is 1. The summed E-state index contributed by atoms with van der Waals surface area (Å²) in [6.45, 7) is 0.0816. The van der Waals surface area contributed by atoms with Crippen LogP contribution >= 0.6 is 0 Å². The second-order valence-electron chi connectivity index (χ2n) is 5.07. The van der Waals surface area contributed by atoms with Crippen molar-refractivity contribution in [3.8, 4) is 0 Å². The molecular formula is C14H12FN7O3. The van der Waals surface area contributed by atoms with Crippen molar-refractivity contribution >= 4 is 17.7 Å². The lowest BCUT2D eigenvalue weighted by Crippen LogP contribution is -2.20. The summed E-state index contributed by atoms with van der Waals surface area (Å²) in [5.41, 5.74) is 0.701. The largest absolute Gasteiger partial charge is 0.389 e. The van der Waals surface area contributed by atoms with Gasteiger partial charge >= 0.3 is 5.82 Å². The molecule has 3 rings (SSSR count). The van der Waals surface area contributed by atoms with Crippen LogP contribution in [-0.4, -0.2) is 35.4 Å². The smallest absolute Gasteiger partial charge is 0.358 e. The Balaban J connectivity index is 1.58. The van der Waals surface area contributed by atoms with Crippen LogP contribution < -0.4 is 5.32 Å². The Morgan fingerprint density at radius 1 is 1.28 bits per heavy atom. The van der Waals surface area contributed by atoms with E-state index >= 15 is 0 Å². The van der Waals surface area contributed by atoms with Crippen molar-refractivity contribution in [2.75, 3.05) is 5.32 Å². The normalized spacial score (nSPS) is 10.6. The van der Waals surface area contributed by atoms with Crippen molar-refractivity contribution in [1.82, 2.24) is 24.5 Å². The number of rotatable bonds is 6. The maximum absolute atomic E-state index is 13.2. The number of halogens is 1. The zero-order chi connectivity index (χ0) is 17.8. The van der Waals surface area contributed by atoms with E-state index in [1.165, 1.54) is 35.4 Å². The highest BCUT2D eigenvalue weighted by Crippen LogP contribution is 2.07. The van der Waals surface area contributed by atoms with Crippen LogP contribution in [0.1, 0.15) is 5.56 Å². The second-order valence-corrected chi connectivity index (χ2v) is 5.07. The number of nitro groups is 1. The maximum atomic E-state index is 13.2. The molecule has 0 aliphatic rings. The zero-order valence-electron chi connectivity index (χ0n) is 12.7. The highest BCUT2D eigenvalue weighted by atomic mass is 19.1. The minimum Gasteiger partial charge on any atom is -0.358 e. The fourth-order valence-corrected chi connectivity index (χ4v) is 2.10. The van der Waals surface area contributed by atoms with E-state index < -0.39 is 10.8 Å². The molecule has 11 heteroatoms. The number of nitrogens with zero attached hydrogens (tertiary/aromatic N) is 6. The van der Waals surface area contributed by atoms with Gasteiger partial charge in [-0.3, -0.25) is 10.1 Å². The molecule has 0 bridgehead atoms. The SMILES string of the molecule is O=C(Cn1ccc([N+](=O)[O-])n1)Nc1ncn(Cc2cccc(F)c2)n1. The van der Waals surface area contributed by atoms with E-state index in [-0.39, 0.29) is 24.1 Å². The van der Waals surface area contributed by atoms with E-state index in [0.29, 0.717) is 12.1 Å². The Hall–Kier alpha value is -3.63. The summed E-state index contributed by atoms with van der Waals surface area (Å²) in [5.74, 6) is -1.10. The summed E-state index contributed by atoms with van der Waals surface area (Å²) < 4.78 is 15.7. The van der Waals surface area contributed by atoms with E-state index in [2.05, 4.69) is 20.5 Å². The summed E-state index contributed by atoms with van der Waals surface area (Å²) in [5, 5.41) is 20.7. The fraction of sp³-hybridized carbons (Fsp3) is 0.143. The summed E-state index contributed by atoms with van der Waals surface area (Å²) in [6, 6.07) is 7.25. The van der Waals surface area contributed by atoms with Gasteiger partial charge < -0.3 is 10.1 Å². The Kier molecular flexibility index (Phi) is 4.46. The molecule has 0 unspecified atom stereocenters. The summed E-state index contributed by atoms with van der Waals surface area (Å²) in [7, 11) is 0. The van der Waals surface area contributed by atoms with Gasteiger partial charge in [0.25, 0.3) is 5.91 Å². The molecule has 0 saturated heterocycles. The van der Waals surface area contributed by atoms with Gasteiger partial charge in [0, 0.05) is 0 Å². The number of carbonyl (C=O) groups excluding carboxylic acids is 1. The van der Waals surface area contributed by atoms with Gasteiger partial charge in [-0.05, 0) is 22.6 Å². The number of amides is 1. The molecule has 0 aliphatic heterocycles. The van der Waals surface area contributed by atoms with E-state index in [4.69, 9.17) is 0 Å². The first kappa shape index (κ1) is 16.2. The summed E-state index contributed by atoms with van der Waals surface area (Å²) in [4.78, 5) is 25.7. The molecule has 0 spiro atoms. The second kappa shape index (κ2) is 6.86. The van der Waals surface area contributed by atoms with Crippen LogP contribution in [0.3, 0.4) is 0 Å². The molecule has 128 valence electrons. The summed E-state index contributed by atoms with van der Waals surface area (Å²) in [6.07, 6.45) is 2.73. The third-order valence-corrected chi connectivity index (χ3v) is 3.14. The molecule has 1 N–H and O–H groups in total. The van der Waals surface area contributed by atoms with Gasteiger partial charge in [0.1, 0.15) is 18.7 Å². The van der Waals surface area contributed by atoms with Crippen molar-refractivity contribution in [2.24, 2.45) is 0 Å². The van der Waals surface area contributed by atoms with Gasteiger partial charge in [0.2, 0.25) is 5.95 Å². The first-order chi connectivity index (χ1) is 12.0. The highest BCUT2D eigenvalue weighted by Gasteiger charge is 2.14. The Labute approximate surface area is 140 Å². The third-order valence-electron chi connectivity index (χ3n) is 3.14. The van der Waals surface area contributed by atoms with Crippen LogP contribution in [0.15, 0.2) is 42.9 Å². The Morgan fingerprint density at radius 3 is 2.84 bits per heavy atom. The van der Waals surface area contributed by atoms with Gasteiger partial charge in [-0.2, -0.15) is 4.68 Å². The number of nitrogens with one attached hydrogen (secondary N) is 1. The minimum absolute atomic E-state index is 0.0723. The van der Waals surface area contributed by atoms with Crippen LogP contribution in [0.5, 0.6) is 0 Å². The Bertz CT molecular complexity index is 921. The van der Waals surface area contributed by atoms with Gasteiger partial charge in [-0.1, -0.05) is 12.1 Å². The van der Waals surface area contributed by atoms with Crippen LogP contribution in [0.4, 0.5) is 16.2 Å². The van der Waals surface area contributed by atoms with Crippen LogP contribution in [-0.2, 0) is 17.9 Å². The molecule has 10 nitrogen and oxygen atoms in total. The molecule has 2 heterocycles. The predicted octanol–water partition coefficient (Wildman–Crippen LogP) is 1.21. The standard InChI is InChI=1S/C14H12FN7O3/c15-11-3-1-2-10(6-11)7-21-9-16-14(19-21)17-13(23)8-20-5-4-12(18-20)22(24)25/h1-6,9H,7-8H2,(H,17,19,23). The van der Waals surface area contributed by atoms with Crippen molar-refractivity contribution in [1.29, 1.82) is 0 Å². The highest BCUT2D eigenvalue weighted by molar-refractivity contribution is 5.88. The van der Waals surface area contributed by atoms with Crippen LogP contribution in [0.25, 0.3) is 0 Å². The molecule has 0 fully saturated rings. The lowest BCUT2D eigenvalue weighted by Gasteiger charge is -2.01. The fourth-order valence-electron chi connectivity index (χ4n) is 2.10. The average molecular weight is 345 g/mol. The lowest BCUT2D eigenvalue weighted by atomic mass is 10.2. The van der Waals surface area contributed by atoms with Crippen molar-refractivity contribution in [3.63, 3.8) is 0 Å². The molecule has 0 saturated carbocycles. The van der Waals surface area contributed by atoms with Crippen molar-refractivity contribution in [2.45, 2.75) is 13.1 Å². The van der Waals surface area contributed by atoms with E-state index in [1.807, 2.05) is 0 Å². The first-order valence-corrected chi connectivity index (χ1v) is 7.11. The number of hydrogen-bond acceptors (Lipinski definition) is 6. The molecule has 25 heavy (non-hydrogen) atoms. The van der Waals surface area contributed by atoms with Gasteiger partial charge in [0.15, 0.2) is 0 Å². The molecule has 3 aromatic rings. The van der Waals surface area contributed by atoms with Crippen molar-refractivity contribution in [3.05, 3.63) is 64.4 Å². The van der Waals surface area contributed by atoms with Gasteiger partial charge in [-0.15, -0.1) is 5.10 Å². The third kappa shape index (κ3) is 4.22. The van der Waals surface area contributed by atoms with Crippen molar-refractivity contribution < 1.29 is 14.1 Å². The molecule has 0 atom stereocenters. The van der Waals surface area contributed by atoms with Gasteiger partial charge in [0.05, 0.1) is 23.9 Å². The topological polar surface area (TPSA) is 121 Å². The first-order valence-electron chi connectivity index (χ1n) is 7.11. The predicted molar refractivity (Wildman–Crippen MR) is 83.0 cm³/mol.